The maximum Gasteiger partial charge on any atom is 0.266 e. The molecule has 0 spiro atoms. The van der Waals surface area contributed by atoms with Crippen LogP contribution in [-0.4, -0.2) is 183 Å². The van der Waals surface area contributed by atoms with E-state index in [9.17, 15) is 48.3 Å². The maximum absolute atomic E-state index is 15.2. The number of H-pyrrole nitrogens is 1. The van der Waals surface area contributed by atoms with Crippen LogP contribution in [0, 0.1) is 17.8 Å². The van der Waals surface area contributed by atoms with E-state index in [-0.39, 0.29) is 68.4 Å². The van der Waals surface area contributed by atoms with E-state index >= 15 is 4.79 Å². The molecule has 6 rings (SSSR count). The van der Waals surface area contributed by atoms with Gasteiger partial charge >= 0.3 is 0 Å². The van der Waals surface area contributed by atoms with E-state index in [0.717, 1.165) is 30.2 Å². The number of nitrogens with one attached hydrogen (secondary N) is 9. The Balaban J connectivity index is 1.42. The lowest BCUT2D eigenvalue weighted by atomic mass is 9.95. The van der Waals surface area contributed by atoms with Crippen molar-refractivity contribution in [1.29, 1.82) is 0 Å². The molecule has 1 fully saturated rings. The lowest BCUT2D eigenvalue weighted by Gasteiger charge is -2.31. The number of carbonyl (C=O) groups is 10. The van der Waals surface area contributed by atoms with Crippen molar-refractivity contribution in [2.45, 2.75) is 178 Å². The number of imidazole rings is 1. The number of aromatic hydroxyl groups is 1. The third-order valence-electron chi connectivity index (χ3n) is 16.1. The van der Waals surface area contributed by atoms with Gasteiger partial charge in [-0.2, -0.15) is 35.3 Å². The molecule has 3 aliphatic rings. The topological polar surface area (TPSA) is 376 Å². The number of hydrogen-bond donors (Lipinski definition) is 11. The van der Waals surface area contributed by atoms with Crippen LogP contribution >= 0.6 is 35.3 Å². The first-order valence-electron chi connectivity index (χ1n) is 31.9. The molecular formula is C64H93N13O13S3. The van der Waals surface area contributed by atoms with E-state index < -0.39 is 125 Å². The number of ether oxygens (including phenoxy) is 1. The van der Waals surface area contributed by atoms with E-state index in [2.05, 4.69) is 57.7 Å². The molecule has 10 amide bonds. The average Bonchev–Trinajstić information content (AvgIpc) is 1.81. The van der Waals surface area contributed by atoms with Gasteiger partial charge in [-0.25, -0.2) is 4.98 Å². The number of carbonyl (C=O) groups excluding carboxylic acids is 10. The second-order valence-electron chi connectivity index (χ2n) is 24.5. The second kappa shape index (κ2) is 38.0. The smallest absolute Gasteiger partial charge is 0.266 e. The Hall–Kier alpha value is -7.53. The number of amides is 10. The molecule has 4 bridgehead atoms. The zero-order valence-electron chi connectivity index (χ0n) is 54.1. The molecule has 29 heteroatoms. The zero-order valence-corrected chi connectivity index (χ0v) is 56.6. The molecule has 1 aromatic heterocycles. The first-order chi connectivity index (χ1) is 44.5. The first-order valence-corrected chi connectivity index (χ1v) is 35.6. The van der Waals surface area contributed by atoms with Crippen LogP contribution in [0.25, 0.3) is 0 Å². The largest absolute Gasteiger partial charge is 0.508 e. The molecule has 0 aliphatic carbocycles. The summed E-state index contributed by atoms with van der Waals surface area (Å²) in [4.78, 5) is 158. The Labute approximate surface area is 556 Å². The molecule has 4 heterocycles. The summed E-state index contributed by atoms with van der Waals surface area (Å²) in [6.45, 7) is 11.4. The maximum atomic E-state index is 15.2. The van der Waals surface area contributed by atoms with E-state index in [1.165, 1.54) is 64.8 Å². The third-order valence-corrected chi connectivity index (χ3v) is 19.0. The van der Waals surface area contributed by atoms with Gasteiger partial charge in [0.2, 0.25) is 53.2 Å². The minimum absolute atomic E-state index is 0.00538. The minimum Gasteiger partial charge on any atom is -0.508 e. The highest BCUT2D eigenvalue weighted by molar-refractivity contribution is 7.99. The fourth-order valence-electron chi connectivity index (χ4n) is 10.8. The molecule has 10 atom stereocenters. The Kier molecular flexibility index (Phi) is 30.4. The average molecular weight is 1350 g/mol. The molecule has 3 aliphatic heterocycles. The standard InChI is InChI=1S/C64H93N13O13S3/c1-8-39(6)55-63(87)75-54(38(4)5)62(86)72-49(29-43-30-66-36-67-43)59(83)73-50(56(65)80)34-92-32-41-25-42-27-45(26-41)89-21-11-9-10-12-22-90-68-31-53(79)69-46(19-23-91-7)57(81)74-51(35-93-33-42)64(88)77-20-13-14-52(77)61(85)71-47(24-37(2)3)58(82)70-48(60(84)76-55)28-40-15-17-44(78)18-16-40/h15-18,25-27,30-31,36-39,46-52,54-55,78H,8-14,19-24,28-29,32-35H2,1-7H3,(H2,65,80)(H,66,67)(H,69,79)(H,70,82)(H,71,85)(H,72,86)(H,73,83)(H,74,81)(H,75,87)(H,76,84)/b68-31+/t39-,46-,47-,48-,49-,50-,51-,52-,54-,55-/m0/s1. The molecule has 0 saturated carbocycles. The molecule has 26 nitrogen and oxygen atoms in total. The number of aromatic amines is 1. The molecule has 0 radical (unpaired) electrons. The molecule has 0 unspecified atom stereocenters. The number of thioether (sulfide) groups is 3. The number of aromatic nitrogens is 2. The number of phenolic OH excluding ortho intramolecular Hbond substituents is 1. The lowest BCUT2D eigenvalue weighted by molar-refractivity contribution is -0.142. The van der Waals surface area contributed by atoms with Crippen molar-refractivity contribution in [3.05, 3.63) is 77.4 Å². The number of rotatable bonds is 13. The monoisotopic (exact) mass is 1350 g/mol. The van der Waals surface area contributed by atoms with Crippen molar-refractivity contribution >= 4 is 101 Å². The van der Waals surface area contributed by atoms with E-state index in [1.54, 1.807) is 32.9 Å². The van der Waals surface area contributed by atoms with Crippen molar-refractivity contribution < 1.29 is 62.6 Å². The second-order valence-corrected chi connectivity index (χ2v) is 27.5. The van der Waals surface area contributed by atoms with E-state index in [0.29, 0.717) is 66.6 Å². The van der Waals surface area contributed by atoms with Gasteiger partial charge in [-0.3, -0.25) is 47.9 Å². The van der Waals surface area contributed by atoms with E-state index in [1.807, 2.05) is 45.2 Å². The van der Waals surface area contributed by atoms with Gasteiger partial charge in [0.1, 0.15) is 78.7 Å². The van der Waals surface area contributed by atoms with Gasteiger partial charge in [0.05, 0.1) is 12.9 Å². The predicted octanol–water partition coefficient (Wildman–Crippen LogP) is 2.89. The molecule has 2 aromatic carbocycles. The van der Waals surface area contributed by atoms with Gasteiger partial charge in [0, 0.05) is 54.3 Å². The Morgan fingerprint density at radius 3 is 1.99 bits per heavy atom. The number of nitrogens with zero attached hydrogens (tertiary/aromatic N) is 3. The predicted molar refractivity (Wildman–Crippen MR) is 357 cm³/mol. The van der Waals surface area contributed by atoms with Crippen molar-refractivity contribution in [3.63, 3.8) is 0 Å². The SMILES string of the molecule is CC[C@H](C)[C@@H]1NC(=O)[C@H](Cc2ccc(O)cc2)NC(=O)[C@H](CC(C)C)NC(=O)[C@@H]2CCCN2C(=O)[C@@H]2CSCc3cc(cc(c3)OCCCCCCO/N=C/C(=O)N[C@@H](CCSC)C(=O)N2)CSC[C@@H](C(N)=O)NC(=O)[C@H](Cc2cnc[nH]2)NC(=O)[C@H](C(C)C)NC1=O. The highest BCUT2D eigenvalue weighted by Crippen LogP contribution is 2.27. The molecular weight excluding hydrogens is 1250 g/mol. The minimum atomic E-state index is -1.38. The summed E-state index contributed by atoms with van der Waals surface area (Å²) in [6.07, 6.45) is 9.73. The number of primary amides is 1. The molecule has 510 valence electrons. The van der Waals surface area contributed by atoms with Crippen LogP contribution in [0.5, 0.6) is 11.5 Å². The number of fused-ring (bicyclic) bond motifs is 6. The normalized spacial score (nSPS) is 25.5. The van der Waals surface area contributed by atoms with Gasteiger partial charge < -0.3 is 72.8 Å². The number of nitrogens with two attached hydrogens (primary N) is 1. The number of phenols is 1. The van der Waals surface area contributed by atoms with E-state index in [4.69, 9.17) is 15.3 Å². The summed E-state index contributed by atoms with van der Waals surface area (Å²) in [6, 6.07) is 0.538. The summed E-state index contributed by atoms with van der Waals surface area (Å²) >= 11 is 4.11. The van der Waals surface area contributed by atoms with Crippen LogP contribution < -0.4 is 53.0 Å². The Morgan fingerprint density at radius 1 is 0.710 bits per heavy atom. The summed E-state index contributed by atoms with van der Waals surface area (Å²) in [5.74, 6) is -6.82. The van der Waals surface area contributed by atoms with Crippen LogP contribution in [0.15, 0.2) is 60.1 Å². The summed E-state index contributed by atoms with van der Waals surface area (Å²) in [5.41, 5.74) is 8.53. The van der Waals surface area contributed by atoms with Crippen molar-refractivity contribution in [2.24, 2.45) is 28.6 Å². The fourth-order valence-corrected chi connectivity index (χ4v) is 13.2. The first kappa shape index (κ1) is 74.5. The van der Waals surface area contributed by atoms with Crippen molar-refractivity contribution in [3.8, 4) is 11.5 Å². The summed E-state index contributed by atoms with van der Waals surface area (Å²) in [5, 5.41) is 36.5. The van der Waals surface area contributed by atoms with Crippen LogP contribution in [0.1, 0.15) is 122 Å². The van der Waals surface area contributed by atoms with Crippen molar-refractivity contribution in [1.82, 2.24) is 57.4 Å². The van der Waals surface area contributed by atoms with Gasteiger partial charge in [0.15, 0.2) is 0 Å². The molecule has 93 heavy (non-hydrogen) atoms. The highest BCUT2D eigenvalue weighted by atomic mass is 32.2. The number of hydrogen-bond acceptors (Lipinski definition) is 18. The van der Waals surface area contributed by atoms with Crippen molar-refractivity contribution in [2.75, 3.05) is 43.3 Å². The van der Waals surface area contributed by atoms with Crippen LogP contribution in [-0.2, 0) is 77.1 Å². The highest BCUT2D eigenvalue weighted by Gasteiger charge is 2.41. The Bertz CT molecular complexity index is 3030. The van der Waals surface area contributed by atoms with Crippen LogP contribution in [0.2, 0.25) is 0 Å². The number of oxime groups is 1. The third kappa shape index (κ3) is 24.1. The summed E-state index contributed by atoms with van der Waals surface area (Å²) < 4.78 is 6.33. The van der Waals surface area contributed by atoms with Crippen LogP contribution in [0.3, 0.4) is 0 Å². The lowest BCUT2D eigenvalue weighted by Crippen LogP contribution is -2.62. The van der Waals surface area contributed by atoms with Gasteiger partial charge in [-0.1, -0.05) is 71.3 Å². The quantitative estimate of drug-likeness (QED) is 0.117. The fraction of sp³-hybridized carbons (Fsp3) is 0.594. The zero-order chi connectivity index (χ0) is 67.6. The molecule has 3 aromatic rings. The van der Waals surface area contributed by atoms with Crippen LogP contribution in [0.4, 0.5) is 0 Å². The van der Waals surface area contributed by atoms with Gasteiger partial charge in [-0.05, 0) is 122 Å². The number of benzene rings is 2. The molecule has 12 N–H and O–H groups in total. The van der Waals surface area contributed by atoms with Gasteiger partial charge in [0.25, 0.3) is 5.91 Å². The summed E-state index contributed by atoms with van der Waals surface area (Å²) in [7, 11) is 0. The van der Waals surface area contributed by atoms with Gasteiger partial charge in [-0.15, -0.1) is 0 Å². The Morgan fingerprint density at radius 2 is 1.33 bits per heavy atom. The molecule has 1 saturated heterocycles.